The van der Waals surface area contributed by atoms with E-state index in [2.05, 4.69) is 6.07 Å². The van der Waals surface area contributed by atoms with Gasteiger partial charge >= 0.3 is 5.97 Å². The molecule has 0 radical (unpaired) electrons. The van der Waals surface area contributed by atoms with Crippen molar-refractivity contribution < 1.29 is 28.5 Å². The fourth-order valence-electron chi connectivity index (χ4n) is 3.19. The number of hydrogen-bond acceptors (Lipinski definition) is 7. The second-order valence-corrected chi connectivity index (χ2v) is 6.74. The molecule has 0 aliphatic carbocycles. The molecule has 3 rings (SSSR count). The minimum atomic E-state index is -0.601. The van der Waals surface area contributed by atoms with Gasteiger partial charge in [0.05, 0.1) is 40.1 Å². The molecule has 33 heavy (non-hydrogen) atoms. The van der Waals surface area contributed by atoms with E-state index >= 15 is 0 Å². The van der Waals surface area contributed by atoms with Gasteiger partial charge in [-0.15, -0.1) is 0 Å². The van der Waals surface area contributed by atoms with E-state index in [0.717, 1.165) is 5.56 Å². The lowest BCUT2D eigenvalue weighted by molar-refractivity contribution is 0.0727. The van der Waals surface area contributed by atoms with E-state index in [0.29, 0.717) is 39.9 Å². The summed E-state index contributed by atoms with van der Waals surface area (Å²) in [5.74, 6) is 1.56. The molecule has 0 aliphatic rings. The second-order valence-electron chi connectivity index (χ2n) is 6.74. The van der Waals surface area contributed by atoms with Gasteiger partial charge in [-0.25, -0.2) is 4.79 Å². The van der Waals surface area contributed by atoms with Crippen molar-refractivity contribution in [1.29, 1.82) is 5.26 Å². The van der Waals surface area contributed by atoms with Gasteiger partial charge in [-0.3, -0.25) is 0 Å². The summed E-state index contributed by atoms with van der Waals surface area (Å²) in [5.41, 5.74) is 2.09. The minimum Gasteiger partial charge on any atom is -0.496 e. The van der Waals surface area contributed by atoms with E-state index in [4.69, 9.17) is 23.7 Å². The Morgan fingerprint density at radius 2 is 1.39 bits per heavy atom. The Hall–Kier alpha value is -4.44. The normalized spacial score (nSPS) is 10.7. The first kappa shape index (κ1) is 23.2. The third-order valence-corrected chi connectivity index (χ3v) is 4.85. The highest BCUT2D eigenvalue weighted by molar-refractivity contribution is 5.97. The number of carbonyl (C=O) groups is 1. The molecule has 0 amide bonds. The van der Waals surface area contributed by atoms with E-state index in [9.17, 15) is 10.1 Å². The molecule has 0 spiro atoms. The van der Waals surface area contributed by atoms with Crippen LogP contribution in [0.2, 0.25) is 0 Å². The van der Waals surface area contributed by atoms with Crippen LogP contribution < -0.4 is 23.7 Å². The van der Waals surface area contributed by atoms with Crippen molar-refractivity contribution in [2.45, 2.75) is 0 Å². The number of carbonyl (C=O) groups excluding carboxylic acids is 1. The summed E-state index contributed by atoms with van der Waals surface area (Å²) in [4.78, 5) is 12.7. The molecule has 0 heterocycles. The number of hydrogen-bond donors (Lipinski definition) is 0. The predicted molar refractivity (Wildman–Crippen MR) is 124 cm³/mol. The van der Waals surface area contributed by atoms with Gasteiger partial charge in [-0.05, 0) is 59.7 Å². The van der Waals surface area contributed by atoms with E-state index in [1.54, 1.807) is 73.8 Å². The molecule has 168 valence electrons. The number of nitrogens with zero attached hydrogens (tertiary/aromatic N) is 1. The summed E-state index contributed by atoms with van der Waals surface area (Å²) in [7, 11) is 6.03. The maximum atomic E-state index is 12.7. The third-order valence-electron chi connectivity index (χ3n) is 4.85. The van der Waals surface area contributed by atoms with Gasteiger partial charge in [0.25, 0.3) is 0 Å². The highest BCUT2D eigenvalue weighted by Gasteiger charge is 2.20. The van der Waals surface area contributed by atoms with Gasteiger partial charge in [-0.1, -0.05) is 18.2 Å². The van der Waals surface area contributed by atoms with Gasteiger partial charge in [0, 0.05) is 0 Å². The summed E-state index contributed by atoms with van der Waals surface area (Å²) < 4.78 is 26.6. The van der Waals surface area contributed by atoms with Crippen LogP contribution in [0.25, 0.3) is 11.6 Å². The largest absolute Gasteiger partial charge is 0.496 e. The van der Waals surface area contributed by atoms with Crippen molar-refractivity contribution in [3.05, 3.63) is 77.4 Å². The number of esters is 1. The van der Waals surface area contributed by atoms with Crippen molar-refractivity contribution in [3.8, 4) is 34.8 Å². The number of nitriles is 1. The van der Waals surface area contributed by atoms with E-state index in [1.807, 2.05) is 0 Å². The van der Waals surface area contributed by atoms with Crippen LogP contribution in [0.5, 0.6) is 28.7 Å². The van der Waals surface area contributed by atoms with Crippen molar-refractivity contribution >= 4 is 17.6 Å². The maximum Gasteiger partial charge on any atom is 0.351 e. The summed E-state index contributed by atoms with van der Waals surface area (Å²) in [6, 6.07) is 19.3. The summed E-state index contributed by atoms with van der Waals surface area (Å²) in [6.45, 7) is 0. The molecule has 7 nitrogen and oxygen atoms in total. The Balaban J connectivity index is 1.82. The Kier molecular flexibility index (Phi) is 7.55. The van der Waals surface area contributed by atoms with E-state index < -0.39 is 5.97 Å². The van der Waals surface area contributed by atoms with Crippen LogP contribution in [-0.2, 0) is 0 Å². The van der Waals surface area contributed by atoms with Crippen molar-refractivity contribution in [2.24, 2.45) is 0 Å². The molecular formula is C26H23NO6. The Morgan fingerprint density at radius 1 is 0.788 bits per heavy atom. The molecule has 0 saturated heterocycles. The van der Waals surface area contributed by atoms with Crippen molar-refractivity contribution in [3.63, 3.8) is 0 Å². The Labute approximate surface area is 192 Å². The Bertz CT molecular complexity index is 1190. The molecule has 0 saturated carbocycles. The number of benzene rings is 3. The first-order chi connectivity index (χ1) is 16.0. The lowest BCUT2D eigenvalue weighted by atomic mass is 10.0. The summed E-state index contributed by atoms with van der Waals surface area (Å²) in [5, 5.41) is 9.65. The Morgan fingerprint density at radius 3 is 1.94 bits per heavy atom. The van der Waals surface area contributed by atoms with Gasteiger partial charge < -0.3 is 23.7 Å². The summed E-state index contributed by atoms with van der Waals surface area (Å²) in [6.07, 6.45) is 1.73. The molecule has 0 bridgehead atoms. The second kappa shape index (κ2) is 10.7. The van der Waals surface area contributed by atoms with Crippen LogP contribution in [0.1, 0.15) is 21.5 Å². The SMILES string of the molecule is COc1ccc(/C(C#N)=C\c2ccc(OC(=O)c3c(OC)cccc3OC)cc2)cc1OC. The predicted octanol–water partition coefficient (Wildman–Crippen LogP) is 5.00. The van der Waals surface area contributed by atoms with Gasteiger partial charge in [-0.2, -0.15) is 5.26 Å². The zero-order valence-electron chi connectivity index (χ0n) is 18.7. The maximum absolute atomic E-state index is 12.7. The smallest absolute Gasteiger partial charge is 0.351 e. The van der Waals surface area contributed by atoms with Crippen LogP contribution in [0.4, 0.5) is 0 Å². The lowest BCUT2D eigenvalue weighted by Gasteiger charge is -2.12. The van der Waals surface area contributed by atoms with Crippen molar-refractivity contribution in [2.75, 3.05) is 28.4 Å². The molecular weight excluding hydrogens is 422 g/mol. The molecule has 0 unspecified atom stereocenters. The highest BCUT2D eigenvalue weighted by atomic mass is 16.5. The van der Waals surface area contributed by atoms with Gasteiger partial charge in [0.1, 0.15) is 22.8 Å². The van der Waals surface area contributed by atoms with Crippen LogP contribution in [0, 0.1) is 11.3 Å². The fourth-order valence-corrected chi connectivity index (χ4v) is 3.19. The summed E-state index contributed by atoms with van der Waals surface area (Å²) >= 11 is 0. The average Bonchev–Trinajstić information content (AvgIpc) is 2.87. The molecule has 3 aromatic carbocycles. The van der Waals surface area contributed by atoms with Crippen LogP contribution in [0.3, 0.4) is 0 Å². The molecule has 0 aliphatic heterocycles. The van der Waals surface area contributed by atoms with E-state index in [-0.39, 0.29) is 5.56 Å². The minimum absolute atomic E-state index is 0.201. The molecule has 0 atom stereocenters. The zero-order valence-corrected chi connectivity index (χ0v) is 18.7. The number of methoxy groups -OCH3 is 4. The molecule has 0 aromatic heterocycles. The van der Waals surface area contributed by atoms with Crippen molar-refractivity contribution in [1.82, 2.24) is 0 Å². The highest BCUT2D eigenvalue weighted by Crippen LogP contribution is 2.32. The van der Waals surface area contributed by atoms with E-state index in [1.165, 1.54) is 21.3 Å². The first-order valence-electron chi connectivity index (χ1n) is 9.92. The fraction of sp³-hybridized carbons (Fsp3) is 0.154. The zero-order chi connectivity index (χ0) is 23.8. The van der Waals surface area contributed by atoms with Gasteiger partial charge in [0.2, 0.25) is 0 Å². The monoisotopic (exact) mass is 445 g/mol. The number of allylic oxidation sites excluding steroid dienone is 1. The number of rotatable bonds is 8. The van der Waals surface area contributed by atoms with Crippen LogP contribution in [0.15, 0.2) is 60.7 Å². The standard InChI is InChI=1S/C26H23NO6/c1-29-21-13-10-18(15-24(21)32-4)19(16-27)14-17-8-11-20(12-9-17)33-26(28)25-22(30-2)6-5-7-23(25)31-3/h5-15H,1-4H3/b19-14-. The van der Waals surface area contributed by atoms with Crippen LogP contribution >= 0.6 is 0 Å². The quantitative estimate of drug-likeness (QED) is 0.209. The molecule has 0 fully saturated rings. The van der Waals surface area contributed by atoms with Gasteiger partial charge in [0.15, 0.2) is 11.5 Å². The molecule has 0 N–H and O–H groups in total. The number of ether oxygens (including phenoxy) is 5. The molecule has 3 aromatic rings. The average molecular weight is 445 g/mol. The molecule has 7 heteroatoms. The third kappa shape index (κ3) is 5.25. The van der Waals surface area contributed by atoms with Crippen LogP contribution in [-0.4, -0.2) is 34.4 Å². The topological polar surface area (TPSA) is 87.0 Å². The first-order valence-corrected chi connectivity index (χ1v) is 9.92. The lowest BCUT2D eigenvalue weighted by Crippen LogP contribution is -2.11.